The van der Waals surface area contributed by atoms with Gasteiger partial charge >= 0.3 is 0 Å². The highest BCUT2D eigenvalue weighted by atomic mass is 32.2. The van der Waals surface area contributed by atoms with E-state index in [2.05, 4.69) is 6.92 Å². The molecule has 0 heterocycles. The summed E-state index contributed by atoms with van der Waals surface area (Å²) in [5.74, 6) is 1.46. The highest BCUT2D eigenvalue weighted by Crippen LogP contribution is 2.21. The molecule has 0 radical (unpaired) electrons. The van der Waals surface area contributed by atoms with Crippen molar-refractivity contribution in [1.82, 2.24) is 0 Å². The van der Waals surface area contributed by atoms with Crippen LogP contribution < -0.4 is 4.74 Å². The average Bonchev–Trinajstić information content (AvgIpc) is 2.29. The number of ether oxygens (including phenoxy) is 1. The van der Waals surface area contributed by atoms with Crippen molar-refractivity contribution < 1.29 is 8.95 Å². The van der Waals surface area contributed by atoms with E-state index in [1.807, 2.05) is 24.3 Å². The zero-order chi connectivity index (χ0) is 11.1. The van der Waals surface area contributed by atoms with E-state index in [1.165, 1.54) is 0 Å². The summed E-state index contributed by atoms with van der Waals surface area (Å²) < 4.78 is 17.1. The molecule has 0 aliphatic carbocycles. The van der Waals surface area contributed by atoms with E-state index in [9.17, 15) is 4.21 Å². The average molecular weight is 226 g/mol. The van der Waals surface area contributed by atoms with Crippen LogP contribution in [0.25, 0.3) is 0 Å². The first-order valence-electron chi connectivity index (χ1n) is 5.31. The first-order valence-corrected chi connectivity index (χ1v) is 6.63. The Morgan fingerprint density at radius 3 is 2.67 bits per heavy atom. The van der Waals surface area contributed by atoms with Crippen molar-refractivity contribution in [2.75, 3.05) is 12.9 Å². The largest absolute Gasteiger partial charge is 0.495 e. The van der Waals surface area contributed by atoms with Gasteiger partial charge in [0.05, 0.1) is 22.8 Å². The lowest BCUT2D eigenvalue weighted by Gasteiger charge is -2.07. The number of rotatable bonds is 6. The molecule has 1 aromatic carbocycles. The summed E-state index contributed by atoms with van der Waals surface area (Å²) in [6, 6.07) is 7.52. The van der Waals surface area contributed by atoms with Gasteiger partial charge in [-0.3, -0.25) is 4.21 Å². The third kappa shape index (κ3) is 3.67. The van der Waals surface area contributed by atoms with Crippen LogP contribution in [0.4, 0.5) is 0 Å². The molecule has 0 unspecified atom stereocenters. The fourth-order valence-corrected chi connectivity index (χ4v) is 2.69. The third-order valence-corrected chi connectivity index (χ3v) is 3.73. The van der Waals surface area contributed by atoms with E-state index in [-0.39, 0.29) is 0 Å². The van der Waals surface area contributed by atoms with E-state index in [1.54, 1.807) is 7.11 Å². The van der Waals surface area contributed by atoms with E-state index in [0.29, 0.717) is 0 Å². The summed E-state index contributed by atoms with van der Waals surface area (Å²) in [5, 5.41) is 0. The predicted molar refractivity (Wildman–Crippen MR) is 63.8 cm³/mol. The number of hydrogen-bond acceptors (Lipinski definition) is 2. The highest BCUT2D eigenvalue weighted by Gasteiger charge is 2.08. The number of benzene rings is 1. The second-order valence-electron chi connectivity index (χ2n) is 3.41. The predicted octanol–water partition coefficient (Wildman–Crippen LogP) is 2.99. The highest BCUT2D eigenvalue weighted by molar-refractivity contribution is 7.85. The fraction of sp³-hybridized carbons (Fsp3) is 0.500. The Morgan fingerprint density at radius 2 is 2.00 bits per heavy atom. The molecule has 0 spiro atoms. The molecule has 0 aliphatic rings. The molecule has 1 aromatic rings. The quantitative estimate of drug-likeness (QED) is 0.697. The molecular weight excluding hydrogens is 208 g/mol. The van der Waals surface area contributed by atoms with Crippen molar-refractivity contribution in [3.63, 3.8) is 0 Å². The molecule has 0 aliphatic heterocycles. The Kier molecular flexibility index (Phi) is 5.40. The summed E-state index contributed by atoms with van der Waals surface area (Å²) in [6.07, 6.45) is 3.31. The molecule has 0 bridgehead atoms. The summed E-state index contributed by atoms with van der Waals surface area (Å²) >= 11 is 0. The molecule has 0 saturated carbocycles. The Morgan fingerprint density at radius 1 is 1.27 bits per heavy atom. The summed E-state index contributed by atoms with van der Waals surface area (Å²) in [7, 11) is 0.692. The number of unbranched alkanes of at least 4 members (excludes halogenated alkanes) is 2. The van der Waals surface area contributed by atoms with Crippen LogP contribution in [-0.4, -0.2) is 17.1 Å². The molecule has 3 heteroatoms. The second kappa shape index (κ2) is 6.62. The van der Waals surface area contributed by atoms with Gasteiger partial charge in [0.25, 0.3) is 0 Å². The lowest BCUT2D eigenvalue weighted by molar-refractivity contribution is 0.404. The molecular formula is C12H18O2S. The molecule has 15 heavy (non-hydrogen) atoms. The summed E-state index contributed by atoms with van der Waals surface area (Å²) in [5.41, 5.74) is 0. The molecule has 84 valence electrons. The fourth-order valence-electron chi connectivity index (χ4n) is 1.40. The van der Waals surface area contributed by atoms with Crippen LogP contribution in [0.5, 0.6) is 5.75 Å². The summed E-state index contributed by atoms with van der Waals surface area (Å²) in [4.78, 5) is 0.816. The Labute approximate surface area is 94.1 Å². The maximum Gasteiger partial charge on any atom is 0.134 e. The third-order valence-electron chi connectivity index (χ3n) is 2.25. The van der Waals surface area contributed by atoms with Crippen LogP contribution in [0.2, 0.25) is 0 Å². The Balaban J connectivity index is 2.64. The number of hydrogen-bond donors (Lipinski definition) is 0. The minimum atomic E-state index is -0.921. The van der Waals surface area contributed by atoms with Gasteiger partial charge in [-0.25, -0.2) is 0 Å². The van der Waals surface area contributed by atoms with Gasteiger partial charge in [-0.15, -0.1) is 0 Å². The first-order chi connectivity index (χ1) is 7.29. The van der Waals surface area contributed by atoms with Crippen LogP contribution in [0.3, 0.4) is 0 Å². The van der Waals surface area contributed by atoms with Gasteiger partial charge in [0.15, 0.2) is 0 Å². The smallest absolute Gasteiger partial charge is 0.134 e. The molecule has 0 fully saturated rings. The normalized spacial score (nSPS) is 12.4. The molecule has 0 N–H and O–H groups in total. The topological polar surface area (TPSA) is 26.3 Å². The van der Waals surface area contributed by atoms with Crippen LogP contribution in [0.15, 0.2) is 29.2 Å². The van der Waals surface area contributed by atoms with Crippen LogP contribution >= 0.6 is 0 Å². The van der Waals surface area contributed by atoms with Gasteiger partial charge in [-0.05, 0) is 18.6 Å². The second-order valence-corrected chi connectivity index (χ2v) is 4.95. The Hall–Kier alpha value is -0.830. The van der Waals surface area contributed by atoms with Crippen molar-refractivity contribution in [2.24, 2.45) is 0 Å². The molecule has 2 nitrogen and oxygen atoms in total. The van der Waals surface area contributed by atoms with Crippen molar-refractivity contribution in [3.8, 4) is 5.75 Å². The van der Waals surface area contributed by atoms with Crippen molar-refractivity contribution in [3.05, 3.63) is 24.3 Å². The Bertz CT molecular complexity index is 323. The van der Waals surface area contributed by atoms with Gasteiger partial charge in [-0.1, -0.05) is 31.9 Å². The van der Waals surface area contributed by atoms with Crippen LogP contribution in [0.1, 0.15) is 26.2 Å². The molecule has 1 atom stereocenters. The van der Waals surface area contributed by atoms with Gasteiger partial charge < -0.3 is 4.74 Å². The van der Waals surface area contributed by atoms with Crippen molar-refractivity contribution in [2.45, 2.75) is 31.1 Å². The lowest BCUT2D eigenvalue weighted by Crippen LogP contribution is -2.00. The van der Waals surface area contributed by atoms with Gasteiger partial charge in [0.2, 0.25) is 0 Å². The summed E-state index contributed by atoms with van der Waals surface area (Å²) in [6.45, 7) is 2.14. The van der Waals surface area contributed by atoms with Crippen molar-refractivity contribution >= 4 is 10.8 Å². The monoisotopic (exact) mass is 226 g/mol. The van der Waals surface area contributed by atoms with Gasteiger partial charge in [0.1, 0.15) is 5.75 Å². The van der Waals surface area contributed by atoms with Gasteiger partial charge in [-0.2, -0.15) is 0 Å². The van der Waals surface area contributed by atoms with E-state index in [4.69, 9.17) is 4.74 Å². The maximum absolute atomic E-state index is 11.9. The number of para-hydroxylation sites is 1. The SMILES string of the molecule is CCCCC[S@](=O)c1ccccc1OC. The minimum absolute atomic E-state index is 0.729. The van der Waals surface area contributed by atoms with E-state index < -0.39 is 10.8 Å². The van der Waals surface area contributed by atoms with Crippen molar-refractivity contribution in [1.29, 1.82) is 0 Å². The number of methoxy groups -OCH3 is 1. The molecule has 0 saturated heterocycles. The maximum atomic E-state index is 11.9. The minimum Gasteiger partial charge on any atom is -0.495 e. The van der Waals surface area contributed by atoms with E-state index >= 15 is 0 Å². The molecule has 0 aromatic heterocycles. The van der Waals surface area contributed by atoms with Crippen LogP contribution in [-0.2, 0) is 10.8 Å². The zero-order valence-corrected chi connectivity index (χ0v) is 10.2. The standard InChI is InChI=1S/C12H18O2S/c1-3-4-7-10-15(13)12-9-6-5-8-11(12)14-2/h5-6,8-9H,3-4,7,10H2,1-2H3/t15-/m0/s1. The van der Waals surface area contributed by atoms with Gasteiger partial charge in [0, 0.05) is 5.75 Å². The molecule has 1 rings (SSSR count). The van der Waals surface area contributed by atoms with Crippen LogP contribution in [0, 0.1) is 0 Å². The zero-order valence-electron chi connectivity index (χ0n) is 9.36. The molecule has 0 amide bonds. The van der Waals surface area contributed by atoms with E-state index in [0.717, 1.165) is 35.7 Å². The first kappa shape index (κ1) is 12.2. The lowest BCUT2D eigenvalue weighted by atomic mass is 10.3.